The van der Waals surface area contributed by atoms with Gasteiger partial charge in [-0.3, -0.25) is 4.79 Å². The van der Waals surface area contributed by atoms with Gasteiger partial charge in [0.05, 0.1) is 11.9 Å². The van der Waals surface area contributed by atoms with E-state index in [1.165, 1.54) is 25.3 Å². The SMILES string of the molecule is CC(=O)Nc1cc(Nc2cc(C)nc(C(C)(F)F)n2)c(OC[C@@H](F)C2CCC2)cn1. The molecule has 0 unspecified atom stereocenters. The second kappa shape index (κ2) is 8.85. The van der Waals surface area contributed by atoms with Gasteiger partial charge in [0.1, 0.15) is 24.4 Å². The molecule has 2 aromatic heterocycles. The number of nitrogens with one attached hydrogen (secondary N) is 2. The molecule has 1 saturated carbocycles. The Labute approximate surface area is 172 Å². The number of nitrogens with zero attached hydrogens (tertiary/aromatic N) is 3. The summed E-state index contributed by atoms with van der Waals surface area (Å²) in [6, 6.07) is 2.96. The molecule has 0 radical (unpaired) electrons. The van der Waals surface area contributed by atoms with Gasteiger partial charge < -0.3 is 15.4 Å². The molecule has 7 nitrogen and oxygen atoms in total. The molecule has 0 aliphatic heterocycles. The first kappa shape index (κ1) is 21.8. The fourth-order valence-electron chi connectivity index (χ4n) is 2.98. The average molecular weight is 423 g/mol. The van der Waals surface area contributed by atoms with Crippen molar-refractivity contribution in [2.45, 2.75) is 52.1 Å². The number of anilines is 3. The monoisotopic (exact) mass is 423 g/mol. The Bertz CT molecular complexity index is 916. The van der Waals surface area contributed by atoms with Gasteiger partial charge in [-0.25, -0.2) is 19.3 Å². The van der Waals surface area contributed by atoms with Crippen LogP contribution in [0.15, 0.2) is 18.3 Å². The lowest BCUT2D eigenvalue weighted by Crippen LogP contribution is -2.28. The molecular weight excluding hydrogens is 399 g/mol. The summed E-state index contributed by atoms with van der Waals surface area (Å²) < 4.78 is 47.2. The fraction of sp³-hybridized carbons (Fsp3) is 0.500. The lowest BCUT2D eigenvalue weighted by molar-refractivity contribution is -0.114. The van der Waals surface area contributed by atoms with Crippen molar-refractivity contribution >= 4 is 23.2 Å². The molecule has 0 aromatic carbocycles. The Morgan fingerprint density at radius 1 is 1.30 bits per heavy atom. The van der Waals surface area contributed by atoms with Gasteiger partial charge in [0, 0.05) is 31.7 Å². The molecule has 10 heteroatoms. The minimum Gasteiger partial charge on any atom is -0.487 e. The zero-order valence-electron chi connectivity index (χ0n) is 17.0. The number of carbonyl (C=O) groups is 1. The standard InChI is InChI=1S/C20H24F3N5O2/c1-11-7-18(28-19(25-11)20(3,22)23)27-15-8-17(26-12(2)29)24-9-16(15)30-10-14(21)13-5-4-6-13/h7-9,13-14H,4-6,10H2,1-3H3,(H2,24,25,26,27,28,29)/t14-/m1/s1. The number of hydrogen-bond acceptors (Lipinski definition) is 6. The van der Waals surface area contributed by atoms with Crippen molar-refractivity contribution in [2.75, 3.05) is 17.2 Å². The van der Waals surface area contributed by atoms with Gasteiger partial charge in [0.2, 0.25) is 11.7 Å². The Morgan fingerprint density at radius 3 is 2.63 bits per heavy atom. The summed E-state index contributed by atoms with van der Waals surface area (Å²) in [5, 5.41) is 5.43. The number of ether oxygens (including phenoxy) is 1. The van der Waals surface area contributed by atoms with Crippen LogP contribution in [0.3, 0.4) is 0 Å². The zero-order valence-corrected chi connectivity index (χ0v) is 17.0. The van der Waals surface area contributed by atoms with E-state index in [1.54, 1.807) is 6.92 Å². The van der Waals surface area contributed by atoms with Crippen molar-refractivity contribution in [2.24, 2.45) is 5.92 Å². The predicted octanol–water partition coefficient (Wildman–Crippen LogP) is 4.51. The molecule has 1 aliphatic rings. The van der Waals surface area contributed by atoms with E-state index in [0.29, 0.717) is 18.3 Å². The van der Waals surface area contributed by atoms with Crippen molar-refractivity contribution in [1.82, 2.24) is 15.0 Å². The Hall–Kier alpha value is -2.91. The summed E-state index contributed by atoms with van der Waals surface area (Å²) in [6.45, 7) is 3.46. The number of amides is 1. The molecule has 3 rings (SSSR count). The minimum atomic E-state index is -3.22. The quantitative estimate of drug-likeness (QED) is 0.649. The van der Waals surface area contributed by atoms with Gasteiger partial charge in [0.15, 0.2) is 5.75 Å². The number of pyridine rings is 1. The van der Waals surface area contributed by atoms with Gasteiger partial charge in [-0.2, -0.15) is 8.78 Å². The fourth-order valence-corrected chi connectivity index (χ4v) is 2.98. The van der Waals surface area contributed by atoms with Gasteiger partial charge in [-0.05, 0) is 25.7 Å². The summed E-state index contributed by atoms with van der Waals surface area (Å²) in [5.41, 5.74) is 0.648. The maximum absolute atomic E-state index is 14.3. The van der Waals surface area contributed by atoms with Crippen molar-refractivity contribution in [1.29, 1.82) is 0 Å². The minimum absolute atomic E-state index is 0.00752. The third-order valence-corrected chi connectivity index (χ3v) is 4.74. The highest BCUT2D eigenvalue weighted by molar-refractivity contribution is 5.88. The molecule has 2 N–H and O–H groups in total. The third kappa shape index (κ3) is 5.58. The number of aromatic nitrogens is 3. The third-order valence-electron chi connectivity index (χ3n) is 4.74. The largest absolute Gasteiger partial charge is 0.487 e. The van der Waals surface area contributed by atoms with E-state index >= 15 is 0 Å². The van der Waals surface area contributed by atoms with E-state index in [1.807, 2.05) is 0 Å². The lowest BCUT2D eigenvalue weighted by atomic mass is 9.82. The number of rotatable bonds is 8. The van der Waals surface area contributed by atoms with Gasteiger partial charge in [-0.1, -0.05) is 6.42 Å². The first-order valence-electron chi connectivity index (χ1n) is 9.67. The molecule has 1 fully saturated rings. The van der Waals surface area contributed by atoms with Crippen LogP contribution < -0.4 is 15.4 Å². The Morgan fingerprint density at radius 2 is 2.03 bits per heavy atom. The maximum atomic E-state index is 14.3. The molecule has 2 heterocycles. The van der Waals surface area contributed by atoms with Crippen LogP contribution in [0.2, 0.25) is 0 Å². The van der Waals surface area contributed by atoms with E-state index in [-0.39, 0.29) is 35.8 Å². The zero-order chi connectivity index (χ0) is 21.9. The van der Waals surface area contributed by atoms with Gasteiger partial charge >= 0.3 is 5.92 Å². The number of carbonyl (C=O) groups excluding carboxylic acids is 1. The molecule has 0 bridgehead atoms. The van der Waals surface area contributed by atoms with Crippen molar-refractivity contribution in [3.63, 3.8) is 0 Å². The van der Waals surface area contributed by atoms with Crippen LogP contribution in [0.5, 0.6) is 5.75 Å². The van der Waals surface area contributed by atoms with Gasteiger partial charge in [0.25, 0.3) is 0 Å². The van der Waals surface area contributed by atoms with Crippen LogP contribution in [0.1, 0.15) is 44.6 Å². The summed E-state index contributed by atoms with van der Waals surface area (Å²) >= 11 is 0. The van der Waals surface area contributed by atoms with Crippen LogP contribution in [0.4, 0.5) is 30.5 Å². The summed E-state index contributed by atoms with van der Waals surface area (Å²) in [7, 11) is 0. The van der Waals surface area contributed by atoms with E-state index in [9.17, 15) is 18.0 Å². The number of hydrogen-bond donors (Lipinski definition) is 2. The van der Waals surface area contributed by atoms with Gasteiger partial charge in [-0.15, -0.1) is 0 Å². The first-order chi connectivity index (χ1) is 14.1. The maximum Gasteiger partial charge on any atom is 0.303 e. The molecular formula is C20H24F3N5O2. The van der Waals surface area contributed by atoms with Crippen LogP contribution in [-0.2, 0) is 10.7 Å². The summed E-state index contributed by atoms with van der Waals surface area (Å²) in [6.07, 6.45) is 2.92. The van der Waals surface area contributed by atoms with Crippen molar-refractivity contribution < 1.29 is 22.7 Å². The lowest BCUT2D eigenvalue weighted by Gasteiger charge is -2.28. The van der Waals surface area contributed by atoms with E-state index in [4.69, 9.17) is 4.74 Å². The molecule has 162 valence electrons. The molecule has 2 aromatic rings. The highest BCUT2D eigenvalue weighted by atomic mass is 19.3. The Balaban J connectivity index is 1.86. The van der Waals surface area contributed by atoms with Crippen LogP contribution >= 0.6 is 0 Å². The predicted molar refractivity (Wildman–Crippen MR) is 106 cm³/mol. The molecule has 0 spiro atoms. The van der Waals surface area contributed by atoms with Crippen LogP contribution in [-0.4, -0.2) is 33.6 Å². The number of alkyl halides is 3. The van der Waals surface area contributed by atoms with E-state index in [0.717, 1.165) is 19.3 Å². The molecule has 30 heavy (non-hydrogen) atoms. The normalized spacial score (nSPS) is 15.3. The second-order valence-electron chi connectivity index (χ2n) is 7.50. The summed E-state index contributed by atoms with van der Waals surface area (Å²) in [4.78, 5) is 23.1. The Kier molecular flexibility index (Phi) is 6.42. The molecule has 1 atom stereocenters. The molecule has 0 saturated heterocycles. The highest BCUT2D eigenvalue weighted by Crippen LogP contribution is 2.34. The van der Waals surface area contributed by atoms with E-state index in [2.05, 4.69) is 25.6 Å². The smallest absolute Gasteiger partial charge is 0.303 e. The average Bonchev–Trinajstić information content (AvgIpc) is 2.57. The van der Waals surface area contributed by atoms with Crippen LogP contribution in [0.25, 0.3) is 0 Å². The van der Waals surface area contributed by atoms with Crippen molar-refractivity contribution in [3.05, 3.63) is 29.8 Å². The first-order valence-corrected chi connectivity index (χ1v) is 9.67. The summed E-state index contributed by atoms with van der Waals surface area (Å²) in [5.74, 6) is -3.64. The van der Waals surface area contributed by atoms with E-state index < -0.39 is 17.9 Å². The molecule has 1 aliphatic carbocycles. The topological polar surface area (TPSA) is 89.0 Å². The molecule has 1 amide bonds. The second-order valence-corrected chi connectivity index (χ2v) is 7.50. The van der Waals surface area contributed by atoms with Crippen molar-refractivity contribution in [3.8, 4) is 5.75 Å². The van der Waals surface area contributed by atoms with Crippen LogP contribution in [0, 0.1) is 12.8 Å². The highest BCUT2D eigenvalue weighted by Gasteiger charge is 2.29. The number of aryl methyl sites for hydroxylation is 1. The number of halogens is 3.